The molecule has 0 aliphatic heterocycles. The van der Waals surface area contributed by atoms with Gasteiger partial charge in [-0.25, -0.2) is 4.98 Å². The summed E-state index contributed by atoms with van der Waals surface area (Å²) in [7, 11) is 1.71. The van der Waals surface area contributed by atoms with Crippen LogP contribution >= 0.6 is 0 Å². The molecule has 0 saturated heterocycles. The first kappa shape index (κ1) is 13.8. The summed E-state index contributed by atoms with van der Waals surface area (Å²) >= 11 is 0. The third-order valence-corrected chi connectivity index (χ3v) is 3.72. The van der Waals surface area contributed by atoms with Crippen LogP contribution in [0.15, 0.2) is 42.5 Å². The molecule has 0 saturated carbocycles. The lowest BCUT2D eigenvalue weighted by atomic mass is 10.0. The molecule has 3 aromatic rings. The Labute approximate surface area is 123 Å². The predicted molar refractivity (Wildman–Crippen MR) is 82.9 cm³/mol. The number of nitrogens with one attached hydrogen (secondary N) is 1. The minimum atomic E-state index is -0.0785. The van der Waals surface area contributed by atoms with Crippen LogP contribution in [0.2, 0.25) is 0 Å². The molecule has 0 aliphatic carbocycles. The molecule has 0 bridgehead atoms. The first-order valence-electron chi connectivity index (χ1n) is 6.94. The number of methoxy groups -OCH3 is 1. The van der Waals surface area contributed by atoms with Crippen LogP contribution in [0.25, 0.3) is 22.2 Å². The van der Waals surface area contributed by atoms with Crippen molar-refractivity contribution in [1.82, 2.24) is 9.97 Å². The van der Waals surface area contributed by atoms with Gasteiger partial charge in [0.1, 0.15) is 12.4 Å². The van der Waals surface area contributed by atoms with Crippen molar-refractivity contribution < 1.29 is 9.84 Å². The summed E-state index contributed by atoms with van der Waals surface area (Å²) in [5.41, 5.74) is 5.20. The van der Waals surface area contributed by atoms with Crippen molar-refractivity contribution in [1.29, 1.82) is 0 Å². The number of nitrogens with zero attached hydrogens (tertiary/aromatic N) is 1. The number of benzene rings is 2. The molecule has 108 valence electrons. The number of aliphatic hydroxyl groups excluding tert-OH is 1. The van der Waals surface area contributed by atoms with E-state index >= 15 is 0 Å². The number of hydrogen-bond acceptors (Lipinski definition) is 3. The molecule has 4 nitrogen and oxygen atoms in total. The SMILES string of the molecule is COC(C)c1cccc(-c2ccc3nc(CO)[nH]c3c2)c1. The number of fused-ring (bicyclic) bond motifs is 1. The number of aromatic nitrogens is 2. The van der Waals surface area contributed by atoms with E-state index in [4.69, 9.17) is 9.84 Å². The van der Waals surface area contributed by atoms with E-state index in [0.29, 0.717) is 5.82 Å². The van der Waals surface area contributed by atoms with E-state index in [1.54, 1.807) is 7.11 Å². The summed E-state index contributed by atoms with van der Waals surface area (Å²) in [6, 6.07) is 14.4. The van der Waals surface area contributed by atoms with Gasteiger partial charge in [-0.05, 0) is 41.8 Å². The van der Waals surface area contributed by atoms with E-state index in [0.717, 1.165) is 27.7 Å². The predicted octanol–water partition coefficient (Wildman–Crippen LogP) is 3.43. The Bertz CT molecular complexity index is 764. The molecule has 3 rings (SSSR count). The number of hydrogen-bond donors (Lipinski definition) is 2. The van der Waals surface area contributed by atoms with Gasteiger partial charge in [-0.15, -0.1) is 0 Å². The monoisotopic (exact) mass is 282 g/mol. The normalized spacial score (nSPS) is 12.7. The van der Waals surface area contributed by atoms with Gasteiger partial charge in [0, 0.05) is 7.11 Å². The van der Waals surface area contributed by atoms with Crippen LogP contribution < -0.4 is 0 Å². The molecule has 0 spiro atoms. The minimum absolute atomic E-state index is 0.0711. The minimum Gasteiger partial charge on any atom is -0.388 e. The van der Waals surface area contributed by atoms with Gasteiger partial charge in [-0.2, -0.15) is 0 Å². The van der Waals surface area contributed by atoms with E-state index < -0.39 is 0 Å². The first-order valence-corrected chi connectivity index (χ1v) is 6.94. The highest BCUT2D eigenvalue weighted by molar-refractivity contribution is 5.82. The third kappa shape index (κ3) is 2.68. The largest absolute Gasteiger partial charge is 0.388 e. The summed E-state index contributed by atoms with van der Waals surface area (Å²) in [5.74, 6) is 0.587. The van der Waals surface area contributed by atoms with Gasteiger partial charge >= 0.3 is 0 Å². The molecular formula is C17H18N2O2. The van der Waals surface area contributed by atoms with Gasteiger partial charge in [0.2, 0.25) is 0 Å². The lowest BCUT2D eigenvalue weighted by molar-refractivity contribution is 0.119. The highest BCUT2D eigenvalue weighted by Gasteiger charge is 2.07. The standard InChI is InChI=1S/C17H18N2O2/c1-11(21-2)12-4-3-5-13(8-12)14-6-7-15-16(9-14)19-17(10-20)18-15/h3-9,11,20H,10H2,1-2H3,(H,18,19). The molecule has 21 heavy (non-hydrogen) atoms. The van der Waals surface area contributed by atoms with E-state index in [1.165, 1.54) is 0 Å². The van der Waals surface area contributed by atoms with Crippen molar-refractivity contribution in [2.24, 2.45) is 0 Å². The maximum absolute atomic E-state index is 9.14. The van der Waals surface area contributed by atoms with Crippen molar-refractivity contribution in [3.05, 3.63) is 53.9 Å². The second-order valence-corrected chi connectivity index (χ2v) is 5.08. The Morgan fingerprint density at radius 3 is 2.76 bits per heavy atom. The number of rotatable bonds is 4. The number of aliphatic hydroxyl groups is 1. The van der Waals surface area contributed by atoms with Crippen LogP contribution in [-0.2, 0) is 11.3 Å². The molecule has 2 aromatic carbocycles. The van der Waals surface area contributed by atoms with Crippen LogP contribution in [0.5, 0.6) is 0 Å². The van der Waals surface area contributed by atoms with Crippen LogP contribution in [0.1, 0.15) is 24.4 Å². The molecule has 2 N–H and O–H groups in total. The molecule has 1 aromatic heterocycles. The average Bonchev–Trinajstić information content (AvgIpc) is 2.96. The fourth-order valence-electron chi connectivity index (χ4n) is 2.42. The van der Waals surface area contributed by atoms with Gasteiger partial charge in [-0.1, -0.05) is 24.3 Å². The second-order valence-electron chi connectivity index (χ2n) is 5.08. The molecule has 0 aliphatic rings. The van der Waals surface area contributed by atoms with Crippen molar-refractivity contribution in [3.63, 3.8) is 0 Å². The van der Waals surface area contributed by atoms with Gasteiger partial charge in [0.05, 0.1) is 17.1 Å². The highest BCUT2D eigenvalue weighted by atomic mass is 16.5. The molecule has 1 atom stereocenters. The molecule has 1 heterocycles. The second kappa shape index (κ2) is 5.68. The van der Waals surface area contributed by atoms with Crippen molar-refractivity contribution in [2.75, 3.05) is 7.11 Å². The molecule has 1 unspecified atom stereocenters. The maximum atomic E-state index is 9.14. The third-order valence-electron chi connectivity index (χ3n) is 3.72. The Morgan fingerprint density at radius 1 is 1.19 bits per heavy atom. The van der Waals surface area contributed by atoms with Crippen LogP contribution in [0, 0.1) is 0 Å². The molecular weight excluding hydrogens is 264 g/mol. The summed E-state index contributed by atoms with van der Waals surface area (Å²) in [6.07, 6.45) is 0.0711. The number of H-pyrrole nitrogens is 1. The quantitative estimate of drug-likeness (QED) is 0.770. The van der Waals surface area contributed by atoms with Crippen LogP contribution in [-0.4, -0.2) is 22.2 Å². The first-order chi connectivity index (χ1) is 10.2. The Kier molecular flexibility index (Phi) is 3.73. The van der Waals surface area contributed by atoms with Gasteiger partial charge < -0.3 is 14.8 Å². The van der Waals surface area contributed by atoms with E-state index in [2.05, 4.69) is 34.2 Å². The summed E-state index contributed by atoms with van der Waals surface area (Å²) < 4.78 is 5.37. The molecule has 0 amide bonds. The molecule has 4 heteroatoms. The molecule has 0 fully saturated rings. The number of aromatic amines is 1. The lowest BCUT2D eigenvalue weighted by Crippen LogP contribution is -1.95. The zero-order chi connectivity index (χ0) is 14.8. The summed E-state index contributed by atoms with van der Waals surface area (Å²) in [6.45, 7) is 1.95. The number of ether oxygens (including phenoxy) is 1. The van der Waals surface area contributed by atoms with E-state index in [9.17, 15) is 0 Å². The topological polar surface area (TPSA) is 58.1 Å². The zero-order valence-corrected chi connectivity index (χ0v) is 12.1. The van der Waals surface area contributed by atoms with Crippen molar-refractivity contribution in [3.8, 4) is 11.1 Å². The zero-order valence-electron chi connectivity index (χ0n) is 12.1. The van der Waals surface area contributed by atoms with Crippen molar-refractivity contribution in [2.45, 2.75) is 19.6 Å². The van der Waals surface area contributed by atoms with Crippen LogP contribution in [0.4, 0.5) is 0 Å². The number of imidazole rings is 1. The Balaban J connectivity index is 2.03. The van der Waals surface area contributed by atoms with Crippen LogP contribution in [0.3, 0.4) is 0 Å². The molecule has 0 radical (unpaired) electrons. The Morgan fingerprint density at radius 2 is 2.00 bits per heavy atom. The Hall–Kier alpha value is -2.17. The summed E-state index contributed by atoms with van der Waals surface area (Å²) in [4.78, 5) is 7.42. The maximum Gasteiger partial charge on any atom is 0.133 e. The average molecular weight is 282 g/mol. The van der Waals surface area contributed by atoms with E-state index in [1.807, 2.05) is 25.1 Å². The smallest absolute Gasteiger partial charge is 0.133 e. The van der Waals surface area contributed by atoms with Gasteiger partial charge in [0.25, 0.3) is 0 Å². The lowest BCUT2D eigenvalue weighted by Gasteiger charge is -2.11. The van der Waals surface area contributed by atoms with Gasteiger partial charge in [-0.3, -0.25) is 0 Å². The van der Waals surface area contributed by atoms with Gasteiger partial charge in [0.15, 0.2) is 0 Å². The fourth-order valence-corrected chi connectivity index (χ4v) is 2.42. The van der Waals surface area contributed by atoms with E-state index in [-0.39, 0.29) is 12.7 Å². The van der Waals surface area contributed by atoms with Crippen molar-refractivity contribution >= 4 is 11.0 Å². The fraction of sp³-hybridized carbons (Fsp3) is 0.235. The summed E-state index contributed by atoms with van der Waals surface area (Å²) in [5, 5.41) is 9.14. The highest BCUT2D eigenvalue weighted by Crippen LogP contribution is 2.26.